The van der Waals surface area contributed by atoms with E-state index in [4.69, 9.17) is 4.74 Å². The molecule has 3 N–H and O–H groups in total. The van der Waals surface area contributed by atoms with Gasteiger partial charge >= 0.3 is 6.09 Å². The second kappa shape index (κ2) is 12.0. The predicted molar refractivity (Wildman–Crippen MR) is 110 cm³/mol. The fourth-order valence-electron chi connectivity index (χ4n) is 2.59. The van der Waals surface area contributed by atoms with Gasteiger partial charge in [-0.25, -0.2) is 4.79 Å². The second-order valence-corrected chi connectivity index (χ2v) is 6.65. The molecule has 8 nitrogen and oxygen atoms in total. The standard InChI is InChI=1S/C22H25N3O5/c1-16(21(28)25-19(14-26)12-17-8-4-2-5-9-17)24-20(27)13-23-22(29)30-15-18-10-6-3-7-11-18/h2-11,14,16,19H,12-13,15H2,1H3,(H,23,29)(H,24,27)(H,25,28)/t16-,19-/m0/s1. The van der Waals surface area contributed by atoms with E-state index in [9.17, 15) is 19.2 Å². The van der Waals surface area contributed by atoms with E-state index in [2.05, 4.69) is 16.0 Å². The molecule has 30 heavy (non-hydrogen) atoms. The van der Waals surface area contributed by atoms with Crippen LogP contribution in [-0.4, -0.2) is 42.8 Å². The van der Waals surface area contributed by atoms with Crippen LogP contribution < -0.4 is 16.0 Å². The van der Waals surface area contributed by atoms with Gasteiger partial charge in [0, 0.05) is 0 Å². The van der Waals surface area contributed by atoms with E-state index in [1.54, 1.807) is 0 Å². The van der Waals surface area contributed by atoms with E-state index in [1.807, 2.05) is 60.7 Å². The van der Waals surface area contributed by atoms with Crippen molar-refractivity contribution in [1.82, 2.24) is 16.0 Å². The minimum atomic E-state index is -0.877. The Morgan fingerprint density at radius 1 is 0.933 bits per heavy atom. The number of rotatable bonds is 10. The molecule has 2 atom stereocenters. The average Bonchev–Trinajstić information content (AvgIpc) is 2.77. The van der Waals surface area contributed by atoms with Crippen LogP contribution in [0.5, 0.6) is 0 Å². The second-order valence-electron chi connectivity index (χ2n) is 6.65. The quantitative estimate of drug-likeness (QED) is 0.511. The van der Waals surface area contributed by atoms with Gasteiger partial charge in [-0.3, -0.25) is 9.59 Å². The number of alkyl carbamates (subject to hydrolysis) is 1. The minimum Gasteiger partial charge on any atom is -0.445 e. The van der Waals surface area contributed by atoms with Crippen molar-refractivity contribution in [3.05, 3.63) is 71.8 Å². The molecule has 2 aromatic rings. The summed E-state index contributed by atoms with van der Waals surface area (Å²) >= 11 is 0. The Morgan fingerprint density at radius 3 is 2.13 bits per heavy atom. The minimum absolute atomic E-state index is 0.0849. The molecule has 0 aliphatic carbocycles. The smallest absolute Gasteiger partial charge is 0.407 e. The van der Waals surface area contributed by atoms with Gasteiger partial charge in [0.2, 0.25) is 11.8 Å². The fourth-order valence-corrected chi connectivity index (χ4v) is 2.59. The van der Waals surface area contributed by atoms with Crippen LogP contribution >= 0.6 is 0 Å². The lowest BCUT2D eigenvalue weighted by molar-refractivity contribution is -0.129. The molecule has 0 spiro atoms. The summed E-state index contributed by atoms with van der Waals surface area (Å²) in [5.74, 6) is -1.05. The van der Waals surface area contributed by atoms with E-state index in [1.165, 1.54) is 6.92 Å². The van der Waals surface area contributed by atoms with Crippen LogP contribution in [0.15, 0.2) is 60.7 Å². The number of carbonyl (C=O) groups is 4. The van der Waals surface area contributed by atoms with Crippen LogP contribution in [0.3, 0.4) is 0 Å². The summed E-state index contributed by atoms with van der Waals surface area (Å²) in [7, 11) is 0. The highest BCUT2D eigenvalue weighted by molar-refractivity contribution is 5.90. The number of hydrogen-bond donors (Lipinski definition) is 3. The summed E-state index contributed by atoms with van der Waals surface area (Å²) in [6.45, 7) is 1.24. The van der Waals surface area contributed by atoms with Crippen LogP contribution in [0.25, 0.3) is 0 Å². The van der Waals surface area contributed by atoms with Gasteiger partial charge in [0.1, 0.15) is 25.5 Å². The fraction of sp³-hybridized carbons (Fsp3) is 0.273. The van der Waals surface area contributed by atoms with Crippen molar-refractivity contribution in [2.75, 3.05) is 6.54 Å². The molecule has 2 aromatic carbocycles. The highest BCUT2D eigenvalue weighted by Gasteiger charge is 2.19. The Balaban J connectivity index is 1.69. The van der Waals surface area contributed by atoms with Gasteiger partial charge in [-0.05, 0) is 24.5 Å². The van der Waals surface area contributed by atoms with E-state index < -0.39 is 30.0 Å². The van der Waals surface area contributed by atoms with Crippen molar-refractivity contribution in [3.63, 3.8) is 0 Å². The Hall–Kier alpha value is -3.68. The van der Waals surface area contributed by atoms with E-state index in [0.29, 0.717) is 12.7 Å². The highest BCUT2D eigenvalue weighted by atomic mass is 16.5. The molecule has 0 aliphatic heterocycles. The first-order valence-corrected chi connectivity index (χ1v) is 9.51. The summed E-state index contributed by atoms with van der Waals surface area (Å²) in [6.07, 6.45) is 0.268. The maximum Gasteiger partial charge on any atom is 0.407 e. The highest BCUT2D eigenvalue weighted by Crippen LogP contribution is 2.02. The van der Waals surface area contributed by atoms with Crippen LogP contribution in [-0.2, 0) is 32.1 Å². The van der Waals surface area contributed by atoms with Gasteiger partial charge in [-0.1, -0.05) is 60.7 Å². The molecule has 158 valence electrons. The summed E-state index contributed by atoms with van der Waals surface area (Å²) in [6, 6.07) is 16.8. The van der Waals surface area contributed by atoms with Gasteiger partial charge in [0.15, 0.2) is 0 Å². The van der Waals surface area contributed by atoms with Crippen molar-refractivity contribution in [1.29, 1.82) is 0 Å². The number of amides is 3. The summed E-state index contributed by atoms with van der Waals surface area (Å²) in [4.78, 5) is 47.1. The Kier molecular flexibility index (Phi) is 9.05. The molecule has 0 saturated carbocycles. The summed E-state index contributed by atoms with van der Waals surface area (Å²) in [5.41, 5.74) is 1.73. The van der Waals surface area contributed by atoms with Crippen LogP contribution in [0.4, 0.5) is 4.79 Å². The number of benzene rings is 2. The normalized spacial score (nSPS) is 12.2. The maximum atomic E-state index is 12.2. The number of aldehydes is 1. The van der Waals surface area contributed by atoms with Crippen molar-refractivity contribution >= 4 is 24.2 Å². The number of ether oxygens (including phenoxy) is 1. The summed E-state index contributed by atoms with van der Waals surface area (Å²) < 4.78 is 5.01. The topological polar surface area (TPSA) is 114 Å². The van der Waals surface area contributed by atoms with E-state index >= 15 is 0 Å². The number of carbonyl (C=O) groups excluding carboxylic acids is 4. The van der Waals surface area contributed by atoms with Crippen molar-refractivity contribution in [3.8, 4) is 0 Å². The van der Waals surface area contributed by atoms with Crippen LogP contribution in [0.2, 0.25) is 0 Å². The Labute approximate surface area is 175 Å². The van der Waals surface area contributed by atoms with Crippen molar-refractivity contribution < 1.29 is 23.9 Å². The third-order valence-corrected chi connectivity index (χ3v) is 4.17. The lowest BCUT2D eigenvalue weighted by atomic mass is 10.1. The molecule has 0 heterocycles. The van der Waals surface area contributed by atoms with Gasteiger partial charge in [-0.2, -0.15) is 0 Å². The van der Waals surface area contributed by atoms with Crippen molar-refractivity contribution in [2.24, 2.45) is 0 Å². The zero-order valence-corrected chi connectivity index (χ0v) is 16.7. The molecule has 0 bridgehead atoms. The third kappa shape index (κ3) is 8.14. The largest absolute Gasteiger partial charge is 0.445 e. The molecular formula is C22H25N3O5. The zero-order valence-electron chi connectivity index (χ0n) is 16.7. The average molecular weight is 411 g/mol. The first-order chi connectivity index (χ1) is 14.5. The van der Waals surface area contributed by atoms with Crippen LogP contribution in [0, 0.1) is 0 Å². The molecular weight excluding hydrogens is 386 g/mol. The Morgan fingerprint density at radius 2 is 1.53 bits per heavy atom. The lowest BCUT2D eigenvalue weighted by Crippen LogP contribution is -2.51. The maximum absolute atomic E-state index is 12.2. The van der Waals surface area contributed by atoms with Crippen LogP contribution in [0.1, 0.15) is 18.1 Å². The molecule has 8 heteroatoms. The molecule has 0 fully saturated rings. The summed E-state index contributed by atoms with van der Waals surface area (Å²) in [5, 5.41) is 7.38. The molecule has 3 amide bonds. The number of hydrogen-bond acceptors (Lipinski definition) is 5. The van der Waals surface area contributed by atoms with E-state index in [-0.39, 0.29) is 13.2 Å². The van der Waals surface area contributed by atoms with Gasteiger partial charge in [-0.15, -0.1) is 0 Å². The third-order valence-electron chi connectivity index (χ3n) is 4.17. The predicted octanol–water partition coefficient (Wildman–Crippen LogP) is 1.34. The molecule has 0 saturated heterocycles. The molecule has 0 unspecified atom stereocenters. The molecule has 0 radical (unpaired) electrons. The van der Waals surface area contributed by atoms with Crippen molar-refractivity contribution in [2.45, 2.75) is 32.0 Å². The SMILES string of the molecule is C[C@H](NC(=O)CNC(=O)OCc1ccccc1)C(=O)N[C@H](C=O)Cc1ccccc1. The molecule has 0 aromatic heterocycles. The Bertz CT molecular complexity index is 842. The lowest BCUT2D eigenvalue weighted by Gasteiger charge is -2.18. The van der Waals surface area contributed by atoms with Gasteiger partial charge in [0.25, 0.3) is 0 Å². The first kappa shape index (κ1) is 22.6. The molecule has 0 aliphatic rings. The van der Waals surface area contributed by atoms with Gasteiger partial charge < -0.3 is 25.5 Å². The monoisotopic (exact) mass is 411 g/mol. The zero-order chi connectivity index (χ0) is 21.8. The first-order valence-electron chi connectivity index (χ1n) is 9.51. The number of nitrogens with one attached hydrogen (secondary N) is 3. The molecule has 2 rings (SSSR count). The van der Waals surface area contributed by atoms with E-state index in [0.717, 1.165) is 11.1 Å². The van der Waals surface area contributed by atoms with Gasteiger partial charge in [0.05, 0.1) is 6.04 Å².